The van der Waals surface area contributed by atoms with Crippen LogP contribution in [0.5, 0.6) is 0 Å². The third kappa shape index (κ3) is 1.46. The van der Waals surface area contributed by atoms with Gasteiger partial charge in [-0.1, -0.05) is 5.16 Å². The van der Waals surface area contributed by atoms with Crippen LogP contribution < -0.4 is 0 Å². The van der Waals surface area contributed by atoms with E-state index < -0.39 is 11.8 Å². The molecule has 90 valence electrons. The van der Waals surface area contributed by atoms with Crippen LogP contribution in [0.15, 0.2) is 35.0 Å². The minimum Gasteiger partial charge on any atom is -0.476 e. The first kappa shape index (κ1) is 10.5. The number of aromatic nitrogens is 2. The van der Waals surface area contributed by atoms with E-state index in [0.717, 1.165) is 0 Å². The number of hydrogen-bond donors (Lipinski definition) is 2. The van der Waals surface area contributed by atoms with Crippen molar-refractivity contribution >= 4 is 16.9 Å². The van der Waals surface area contributed by atoms with Crippen molar-refractivity contribution in [3.8, 4) is 11.3 Å². The second-order valence-electron chi connectivity index (χ2n) is 3.75. The molecule has 2 heterocycles. The van der Waals surface area contributed by atoms with E-state index in [1.54, 1.807) is 18.3 Å². The van der Waals surface area contributed by atoms with Gasteiger partial charge >= 0.3 is 5.97 Å². The van der Waals surface area contributed by atoms with Crippen LogP contribution in [0.3, 0.4) is 0 Å². The highest BCUT2D eigenvalue weighted by Gasteiger charge is 2.16. The van der Waals surface area contributed by atoms with Gasteiger partial charge < -0.3 is 14.6 Å². The van der Waals surface area contributed by atoms with Crippen molar-refractivity contribution < 1.29 is 18.8 Å². The van der Waals surface area contributed by atoms with Crippen LogP contribution in [0.4, 0.5) is 4.39 Å². The van der Waals surface area contributed by atoms with Gasteiger partial charge in [0.1, 0.15) is 5.82 Å². The van der Waals surface area contributed by atoms with E-state index >= 15 is 0 Å². The summed E-state index contributed by atoms with van der Waals surface area (Å²) in [6.07, 6.45) is 1.63. The molecule has 0 fully saturated rings. The molecule has 0 amide bonds. The highest BCUT2D eigenvalue weighted by atomic mass is 19.1. The molecule has 3 rings (SSSR count). The summed E-state index contributed by atoms with van der Waals surface area (Å²) in [4.78, 5) is 13.6. The Morgan fingerprint density at radius 2 is 2.22 bits per heavy atom. The summed E-state index contributed by atoms with van der Waals surface area (Å²) in [5.41, 5.74) is 0.592. The van der Waals surface area contributed by atoms with Gasteiger partial charge in [-0.2, -0.15) is 0 Å². The summed E-state index contributed by atoms with van der Waals surface area (Å²) >= 11 is 0. The van der Waals surface area contributed by atoms with Crippen LogP contribution in [-0.2, 0) is 0 Å². The lowest BCUT2D eigenvalue weighted by Gasteiger charge is -1.99. The van der Waals surface area contributed by atoms with E-state index in [2.05, 4.69) is 10.1 Å². The fourth-order valence-corrected chi connectivity index (χ4v) is 1.79. The van der Waals surface area contributed by atoms with Crippen LogP contribution in [-0.4, -0.2) is 21.2 Å². The van der Waals surface area contributed by atoms with Gasteiger partial charge in [0.2, 0.25) is 0 Å². The maximum absolute atomic E-state index is 14.1. The number of carboxylic acids is 1. The van der Waals surface area contributed by atoms with Gasteiger partial charge in [0.15, 0.2) is 11.5 Å². The van der Waals surface area contributed by atoms with Gasteiger partial charge in [0.05, 0.1) is 5.56 Å². The number of fused-ring (bicyclic) bond motifs is 1. The van der Waals surface area contributed by atoms with Crippen molar-refractivity contribution in [2.24, 2.45) is 0 Å². The Morgan fingerprint density at radius 3 is 2.94 bits per heavy atom. The molecule has 5 nitrogen and oxygen atoms in total. The zero-order chi connectivity index (χ0) is 12.7. The third-order valence-corrected chi connectivity index (χ3v) is 2.66. The zero-order valence-corrected chi connectivity index (χ0v) is 8.98. The largest absolute Gasteiger partial charge is 0.476 e. The number of aromatic carboxylic acids is 1. The summed E-state index contributed by atoms with van der Waals surface area (Å²) in [5, 5.41) is 12.5. The van der Waals surface area contributed by atoms with Gasteiger partial charge in [0.25, 0.3) is 0 Å². The Balaban J connectivity index is 2.18. The predicted molar refractivity (Wildman–Crippen MR) is 60.7 cm³/mol. The van der Waals surface area contributed by atoms with Crippen molar-refractivity contribution in [3.05, 3.63) is 42.0 Å². The second-order valence-corrected chi connectivity index (χ2v) is 3.75. The molecule has 0 spiro atoms. The Kier molecular flexibility index (Phi) is 2.16. The van der Waals surface area contributed by atoms with Crippen LogP contribution >= 0.6 is 0 Å². The third-order valence-electron chi connectivity index (χ3n) is 2.66. The minimum absolute atomic E-state index is 0.0907. The van der Waals surface area contributed by atoms with Crippen LogP contribution in [0.1, 0.15) is 10.5 Å². The molecule has 0 atom stereocenters. The molecule has 2 aromatic heterocycles. The molecule has 3 aromatic rings. The van der Waals surface area contributed by atoms with Crippen molar-refractivity contribution in [2.45, 2.75) is 0 Å². The minimum atomic E-state index is -1.21. The second kappa shape index (κ2) is 3.69. The van der Waals surface area contributed by atoms with Gasteiger partial charge in [-0.25, -0.2) is 9.18 Å². The number of rotatable bonds is 2. The van der Waals surface area contributed by atoms with Crippen molar-refractivity contribution in [1.82, 2.24) is 10.1 Å². The molecule has 18 heavy (non-hydrogen) atoms. The molecule has 6 heteroatoms. The average molecular weight is 246 g/mol. The average Bonchev–Trinajstić information content (AvgIpc) is 2.97. The maximum Gasteiger partial charge on any atom is 0.358 e. The molecular formula is C12H7FN2O3. The van der Waals surface area contributed by atoms with E-state index in [1.807, 2.05) is 0 Å². The number of aromatic amines is 1. The Hall–Kier alpha value is -2.63. The lowest BCUT2D eigenvalue weighted by atomic mass is 10.1. The van der Waals surface area contributed by atoms with E-state index in [-0.39, 0.29) is 17.0 Å². The molecular weight excluding hydrogens is 239 g/mol. The van der Waals surface area contributed by atoms with E-state index in [4.69, 9.17) is 9.63 Å². The van der Waals surface area contributed by atoms with Crippen LogP contribution in [0.25, 0.3) is 22.2 Å². The monoisotopic (exact) mass is 246 g/mol. The molecule has 0 unspecified atom stereocenters. The first-order valence-electron chi connectivity index (χ1n) is 5.13. The quantitative estimate of drug-likeness (QED) is 0.728. The van der Waals surface area contributed by atoms with Crippen LogP contribution in [0.2, 0.25) is 0 Å². The molecule has 0 saturated heterocycles. The number of carbonyl (C=O) groups is 1. The number of nitrogens with one attached hydrogen (secondary N) is 1. The van der Waals surface area contributed by atoms with Gasteiger partial charge in [0, 0.05) is 23.2 Å². The van der Waals surface area contributed by atoms with Crippen molar-refractivity contribution in [1.29, 1.82) is 0 Å². The molecule has 0 saturated carbocycles. The number of nitrogens with zero attached hydrogens (tertiary/aromatic N) is 1. The summed E-state index contributed by atoms with van der Waals surface area (Å²) in [6.45, 7) is 0. The molecule has 2 N–H and O–H groups in total. The Labute approximate surface area is 99.8 Å². The molecule has 0 aliphatic heterocycles. The fourth-order valence-electron chi connectivity index (χ4n) is 1.79. The highest BCUT2D eigenvalue weighted by molar-refractivity contribution is 5.88. The topological polar surface area (TPSA) is 79.1 Å². The van der Waals surface area contributed by atoms with Crippen molar-refractivity contribution in [2.75, 3.05) is 0 Å². The first-order chi connectivity index (χ1) is 8.66. The van der Waals surface area contributed by atoms with E-state index in [9.17, 15) is 9.18 Å². The molecule has 0 aliphatic carbocycles. The normalized spacial score (nSPS) is 10.9. The summed E-state index contributed by atoms with van der Waals surface area (Å²) in [5.74, 6) is -1.59. The Bertz CT molecular complexity index is 745. The number of carboxylic acid groups (broad SMARTS) is 1. The SMILES string of the molecule is O=C(O)c1cc(-c2ccc3[nH]ccc3c2F)on1. The standard InChI is InChI=1S/C12H7FN2O3/c13-11-6-3-4-14-8(6)2-1-7(11)10-5-9(12(16)17)15-18-10/h1-5,14H,(H,16,17). The summed E-state index contributed by atoms with van der Waals surface area (Å²) in [7, 11) is 0. The molecule has 0 aliphatic rings. The smallest absolute Gasteiger partial charge is 0.358 e. The number of hydrogen-bond acceptors (Lipinski definition) is 3. The van der Waals surface area contributed by atoms with Gasteiger partial charge in [-0.15, -0.1) is 0 Å². The lowest BCUT2D eigenvalue weighted by Crippen LogP contribution is -1.94. The highest BCUT2D eigenvalue weighted by Crippen LogP contribution is 2.28. The summed E-state index contributed by atoms with van der Waals surface area (Å²) < 4.78 is 19.0. The van der Waals surface area contributed by atoms with Crippen molar-refractivity contribution in [3.63, 3.8) is 0 Å². The lowest BCUT2D eigenvalue weighted by molar-refractivity contribution is 0.0686. The van der Waals surface area contributed by atoms with Crippen LogP contribution in [0, 0.1) is 5.82 Å². The molecule has 0 radical (unpaired) electrons. The number of H-pyrrole nitrogens is 1. The number of benzene rings is 1. The fraction of sp³-hybridized carbons (Fsp3) is 0. The molecule has 0 bridgehead atoms. The first-order valence-corrected chi connectivity index (χ1v) is 5.13. The summed E-state index contributed by atoms with van der Waals surface area (Å²) in [6, 6.07) is 6.00. The Morgan fingerprint density at radius 1 is 1.39 bits per heavy atom. The van der Waals surface area contributed by atoms with Gasteiger partial charge in [-0.3, -0.25) is 0 Å². The molecule has 1 aromatic carbocycles. The number of halogens is 1. The maximum atomic E-state index is 14.1. The zero-order valence-electron chi connectivity index (χ0n) is 8.98. The van der Waals surface area contributed by atoms with Gasteiger partial charge in [-0.05, 0) is 18.2 Å². The van der Waals surface area contributed by atoms with E-state index in [0.29, 0.717) is 10.9 Å². The van der Waals surface area contributed by atoms with E-state index in [1.165, 1.54) is 12.1 Å². The predicted octanol–water partition coefficient (Wildman–Crippen LogP) is 2.66.